The van der Waals surface area contributed by atoms with Gasteiger partial charge in [-0.15, -0.1) is 0 Å². The number of nitrogens with two attached hydrogens (primary N) is 1. The molecule has 7 heteroatoms. The first-order chi connectivity index (χ1) is 9.29. The minimum absolute atomic E-state index is 0.164. The van der Waals surface area contributed by atoms with Crippen LogP contribution in [0.4, 0.5) is 0 Å². The average Bonchev–Trinajstić information content (AvgIpc) is 2.76. The summed E-state index contributed by atoms with van der Waals surface area (Å²) < 4.78 is 10.7. The maximum Gasteiger partial charge on any atom is 0.240 e. The second-order valence-corrected chi connectivity index (χ2v) is 6.16. The summed E-state index contributed by atoms with van der Waals surface area (Å²) in [5.74, 6) is 0.757. The monoisotopic (exact) mass is 282 g/mol. The molecule has 0 bridgehead atoms. The van der Waals surface area contributed by atoms with Gasteiger partial charge in [-0.2, -0.15) is 4.98 Å². The Morgan fingerprint density at radius 3 is 2.75 bits per heavy atom. The van der Waals surface area contributed by atoms with Crippen LogP contribution in [0.2, 0.25) is 0 Å². The molecular weight excluding hydrogens is 260 g/mol. The molecule has 1 aromatic heterocycles. The molecule has 0 spiro atoms. The third-order valence-corrected chi connectivity index (χ3v) is 3.37. The van der Waals surface area contributed by atoms with Crippen LogP contribution in [0, 0.1) is 0 Å². The Kier molecular flexibility index (Phi) is 4.10. The number of carbonyl (C=O) groups excluding carboxylic acids is 1. The third-order valence-electron chi connectivity index (χ3n) is 3.37. The van der Waals surface area contributed by atoms with E-state index in [2.05, 4.69) is 10.1 Å². The lowest BCUT2D eigenvalue weighted by Gasteiger charge is -2.36. The number of hydrogen-bond acceptors (Lipinski definition) is 6. The zero-order chi connectivity index (χ0) is 14.9. The SMILES string of the molecule is C[C@H]1OCCN(Cc2nc(C(C)(C)C)no2)[C@@H]1C(N)=O. The molecule has 0 unspecified atom stereocenters. The Bertz CT molecular complexity index is 480. The van der Waals surface area contributed by atoms with E-state index in [1.165, 1.54) is 0 Å². The fourth-order valence-corrected chi connectivity index (χ4v) is 2.27. The molecule has 0 radical (unpaired) electrons. The standard InChI is InChI=1S/C13H22N4O3/c1-8-10(11(14)18)17(5-6-19-8)7-9-15-12(16-20-9)13(2,3)4/h8,10H,5-7H2,1-4H3,(H2,14,18)/t8-,10+/m1/s1. The maximum absolute atomic E-state index is 11.6. The second-order valence-electron chi connectivity index (χ2n) is 6.16. The van der Waals surface area contributed by atoms with Crippen LogP contribution in [0.5, 0.6) is 0 Å². The summed E-state index contributed by atoms with van der Waals surface area (Å²) in [5.41, 5.74) is 5.29. The van der Waals surface area contributed by atoms with E-state index in [4.69, 9.17) is 15.0 Å². The van der Waals surface area contributed by atoms with Crippen molar-refractivity contribution in [2.75, 3.05) is 13.2 Å². The van der Waals surface area contributed by atoms with Crippen LogP contribution in [-0.4, -0.2) is 46.2 Å². The molecule has 7 nitrogen and oxygen atoms in total. The molecule has 0 aromatic carbocycles. The largest absolute Gasteiger partial charge is 0.375 e. The van der Waals surface area contributed by atoms with E-state index in [0.717, 1.165) is 0 Å². The smallest absolute Gasteiger partial charge is 0.240 e. The topological polar surface area (TPSA) is 94.5 Å². The molecule has 1 amide bonds. The van der Waals surface area contributed by atoms with Crippen LogP contribution in [0.15, 0.2) is 4.52 Å². The predicted octanol–water partition coefficient (Wildman–Crippen LogP) is 0.442. The second kappa shape index (κ2) is 5.49. The number of rotatable bonds is 3. The molecule has 112 valence electrons. The number of aromatic nitrogens is 2. The Labute approximate surface area is 118 Å². The van der Waals surface area contributed by atoms with Gasteiger partial charge in [0.15, 0.2) is 5.82 Å². The molecule has 2 rings (SSSR count). The number of carbonyl (C=O) groups is 1. The highest BCUT2D eigenvalue weighted by Crippen LogP contribution is 2.20. The van der Waals surface area contributed by atoms with Gasteiger partial charge in [0.25, 0.3) is 0 Å². The molecule has 0 saturated carbocycles. The molecule has 20 heavy (non-hydrogen) atoms. The van der Waals surface area contributed by atoms with Crippen LogP contribution >= 0.6 is 0 Å². The van der Waals surface area contributed by atoms with Crippen molar-refractivity contribution in [1.82, 2.24) is 15.0 Å². The van der Waals surface area contributed by atoms with E-state index in [9.17, 15) is 4.79 Å². The zero-order valence-corrected chi connectivity index (χ0v) is 12.4. The minimum atomic E-state index is -0.464. The molecule has 2 heterocycles. The van der Waals surface area contributed by atoms with E-state index < -0.39 is 11.9 Å². The molecule has 1 fully saturated rings. The highest BCUT2D eigenvalue weighted by Gasteiger charge is 2.35. The lowest BCUT2D eigenvalue weighted by Crippen LogP contribution is -2.56. The van der Waals surface area contributed by atoms with Gasteiger partial charge in [-0.05, 0) is 6.92 Å². The molecule has 1 aliphatic rings. The number of hydrogen-bond donors (Lipinski definition) is 1. The summed E-state index contributed by atoms with van der Waals surface area (Å²) in [4.78, 5) is 17.9. The molecular formula is C13H22N4O3. The summed E-state index contributed by atoms with van der Waals surface area (Å²) in [5, 5.41) is 3.98. The van der Waals surface area contributed by atoms with Gasteiger partial charge in [0.2, 0.25) is 11.8 Å². The van der Waals surface area contributed by atoms with Crippen molar-refractivity contribution in [3.63, 3.8) is 0 Å². The first-order valence-corrected chi connectivity index (χ1v) is 6.77. The number of ether oxygens (including phenoxy) is 1. The third kappa shape index (κ3) is 3.16. The van der Waals surface area contributed by atoms with Crippen molar-refractivity contribution in [2.24, 2.45) is 5.73 Å². The Hall–Kier alpha value is -1.47. The molecule has 0 aliphatic carbocycles. The Balaban J connectivity index is 2.11. The van der Waals surface area contributed by atoms with Crippen LogP contribution in [0.25, 0.3) is 0 Å². The van der Waals surface area contributed by atoms with Crippen molar-refractivity contribution in [3.8, 4) is 0 Å². The van der Waals surface area contributed by atoms with Crippen molar-refractivity contribution in [3.05, 3.63) is 11.7 Å². The fraction of sp³-hybridized carbons (Fsp3) is 0.769. The van der Waals surface area contributed by atoms with E-state index in [-0.39, 0.29) is 11.5 Å². The molecule has 2 atom stereocenters. The maximum atomic E-state index is 11.6. The van der Waals surface area contributed by atoms with Crippen molar-refractivity contribution in [1.29, 1.82) is 0 Å². The van der Waals surface area contributed by atoms with Crippen LogP contribution in [0.1, 0.15) is 39.4 Å². The lowest BCUT2D eigenvalue weighted by atomic mass is 9.96. The number of amides is 1. The lowest BCUT2D eigenvalue weighted by molar-refractivity contribution is -0.136. The number of nitrogens with zero attached hydrogens (tertiary/aromatic N) is 3. The van der Waals surface area contributed by atoms with Crippen molar-refractivity contribution in [2.45, 2.75) is 51.8 Å². The predicted molar refractivity (Wildman–Crippen MR) is 71.8 cm³/mol. The van der Waals surface area contributed by atoms with Gasteiger partial charge < -0.3 is 15.0 Å². The van der Waals surface area contributed by atoms with Crippen molar-refractivity contribution >= 4 is 5.91 Å². The molecule has 1 aliphatic heterocycles. The highest BCUT2D eigenvalue weighted by molar-refractivity contribution is 5.80. The number of primary amides is 1. The fourth-order valence-electron chi connectivity index (χ4n) is 2.27. The molecule has 2 N–H and O–H groups in total. The zero-order valence-electron chi connectivity index (χ0n) is 12.4. The van der Waals surface area contributed by atoms with E-state index in [1.807, 2.05) is 32.6 Å². The van der Waals surface area contributed by atoms with Gasteiger partial charge in [-0.1, -0.05) is 25.9 Å². The summed E-state index contributed by atoms with van der Waals surface area (Å²) in [6, 6.07) is -0.464. The van der Waals surface area contributed by atoms with E-state index in [0.29, 0.717) is 31.4 Å². The first-order valence-electron chi connectivity index (χ1n) is 6.77. The quantitative estimate of drug-likeness (QED) is 0.864. The van der Waals surface area contributed by atoms with Crippen molar-refractivity contribution < 1.29 is 14.1 Å². The summed E-state index contributed by atoms with van der Waals surface area (Å²) >= 11 is 0. The van der Waals surface area contributed by atoms with Crippen LogP contribution in [-0.2, 0) is 21.5 Å². The Morgan fingerprint density at radius 1 is 1.50 bits per heavy atom. The Morgan fingerprint density at radius 2 is 2.20 bits per heavy atom. The van der Waals surface area contributed by atoms with Crippen LogP contribution < -0.4 is 5.73 Å². The van der Waals surface area contributed by atoms with Gasteiger partial charge in [-0.25, -0.2) is 0 Å². The first kappa shape index (κ1) is 14.9. The molecule has 1 saturated heterocycles. The van der Waals surface area contributed by atoms with Gasteiger partial charge in [0.1, 0.15) is 6.04 Å². The van der Waals surface area contributed by atoms with E-state index >= 15 is 0 Å². The molecule has 1 aromatic rings. The van der Waals surface area contributed by atoms with E-state index in [1.54, 1.807) is 0 Å². The van der Waals surface area contributed by atoms with Gasteiger partial charge in [-0.3, -0.25) is 9.69 Å². The minimum Gasteiger partial charge on any atom is -0.375 e. The van der Waals surface area contributed by atoms with Gasteiger partial charge >= 0.3 is 0 Å². The van der Waals surface area contributed by atoms with Gasteiger partial charge in [0.05, 0.1) is 19.3 Å². The normalized spacial score (nSPS) is 24.8. The highest BCUT2D eigenvalue weighted by atomic mass is 16.5. The van der Waals surface area contributed by atoms with Gasteiger partial charge in [0, 0.05) is 12.0 Å². The average molecular weight is 282 g/mol. The summed E-state index contributed by atoms with van der Waals surface area (Å²) in [6.45, 7) is 9.48. The summed E-state index contributed by atoms with van der Waals surface area (Å²) in [7, 11) is 0. The van der Waals surface area contributed by atoms with Crippen LogP contribution in [0.3, 0.4) is 0 Å². The number of morpholine rings is 1. The summed E-state index contributed by atoms with van der Waals surface area (Å²) in [6.07, 6.45) is -0.230.